The quantitative estimate of drug-likeness (QED) is 0.666. The Balaban J connectivity index is 2.26. The topological polar surface area (TPSA) is 53.2 Å². The third-order valence-electron chi connectivity index (χ3n) is 1.94. The molecule has 1 rings (SSSR count). The van der Waals surface area contributed by atoms with Crippen LogP contribution in [-0.4, -0.2) is 25.7 Å². The summed E-state index contributed by atoms with van der Waals surface area (Å²) in [6.07, 6.45) is 0. The summed E-state index contributed by atoms with van der Waals surface area (Å²) in [4.78, 5) is 11.3. The fourth-order valence-corrected chi connectivity index (χ4v) is 1.15. The molecule has 88 valence electrons. The monoisotopic (exact) mass is 225 g/mol. The number of urea groups is 1. The zero-order valence-corrected chi connectivity index (χ0v) is 9.22. The summed E-state index contributed by atoms with van der Waals surface area (Å²) in [5.74, 6) is -0.321. The molecule has 0 bridgehead atoms. The normalized spacial score (nSPS) is 9.88. The van der Waals surface area contributed by atoms with Gasteiger partial charge < -0.3 is 16.0 Å². The highest BCUT2D eigenvalue weighted by Gasteiger charge is 2.00. The van der Waals surface area contributed by atoms with Crippen molar-refractivity contribution in [1.82, 2.24) is 10.6 Å². The van der Waals surface area contributed by atoms with Crippen molar-refractivity contribution in [2.75, 3.05) is 25.0 Å². The number of hydrogen-bond acceptors (Lipinski definition) is 2. The summed E-state index contributed by atoms with van der Waals surface area (Å²) >= 11 is 0. The third-order valence-corrected chi connectivity index (χ3v) is 1.94. The average molecular weight is 225 g/mol. The summed E-state index contributed by atoms with van der Waals surface area (Å²) in [7, 11) is 0. The van der Waals surface area contributed by atoms with Crippen LogP contribution in [0.1, 0.15) is 6.92 Å². The fraction of sp³-hybridized carbons (Fsp3) is 0.364. The number of hydrogen-bond donors (Lipinski definition) is 3. The van der Waals surface area contributed by atoms with Crippen molar-refractivity contribution < 1.29 is 9.18 Å². The molecule has 0 saturated heterocycles. The average Bonchev–Trinajstić information content (AvgIpc) is 2.28. The van der Waals surface area contributed by atoms with Crippen molar-refractivity contribution in [3.8, 4) is 0 Å². The number of benzene rings is 1. The third kappa shape index (κ3) is 4.75. The van der Waals surface area contributed by atoms with E-state index >= 15 is 0 Å². The summed E-state index contributed by atoms with van der Waals surface area (Å²) in [6.45, 7) is 4.16. The highest BCUT2D eigenvalue weighted by atomic mass is 19.1. The zero-order chi connectivity index (χ0) is 11.8. The summed E-state index contributed by atoms with van der Waals surface area (Å²) < 4.78 is 12.6. The minimum absolute atomic E-state index is 0.287. The molecular weight excluding hydrogens is 209 g/mol. The number of anilines is 1. The Labute approximate surface area is 94.2 Å². The molecule has 0 saturated carbocycles. The van der Waals surface area contributed by atoms with E-state index in [4.69, 9.17) is 0 Å². The maximum atomic E-state index is 12.6. The lowest BCUT2D eigenvalue weighted by Gasteiger charge is -2.07. The first-order valence-electron chi connectivity index (χ1n) is 5.23. The van der Waals surface area contributed by atoms with Gasteiger partial charge in [-0.2, -0.15) is 0 Å². The van der Waals surface area contributed by atoms with Gasteiger partial charge in [-0.15, -0.1) is 0 Å². The van der Waals surface area contributed by atoms with Gasteiger partial charge in [0.25, 0.3) is 0 Å². The van der Waals surface area contributed by atoms with Crippen LogP contribution in [-0.2, 0) is 0 Å². The van der Waals surface area contributed by atoms with Crippen molar-refractivity contribution >= 4 is 11.7 Å². The molecule has 0 aromatic heterocycles. The van der Waals surface area contributed by atoms with E-state index in [2.05, 4.69) is 16.0 Å². The van der Waals surface area contributed by atoms with Crippen LogP contribution in [0.15, 0.2) is 24.3 Å². The Kier molecular flexibility index (Phi) is 5.28. The lowest BCUT2D eigenvalue weighted by Crippen LogP contribution is -2.34. The number of halogens is 1. The molecule has 0 aliphatic carbocycles. The molecule has 0 atom stereocenters. The Morgan fingerprint density at radius 2 is 1.94 bits per heavy atom. The second-order valence-electron chi connectivity index (χ2n) is 3.24. The van der Waals surface area contributed by atoms with Crippen molar-refractivity contribution in [3.05, 3.63) is 30.1 Å². The summed E-state index contributed by atoms with van der Waals surface area (Å²) in [6, 6.07) is 5.34. The summed E-state index contributed by atoms with van der Waals surface area (Å²) in [5, 5.41) is 8.36. The predicted molar refractivity (Wildman–Crippen MR) is 62.0 cm³/mol. The second-order valence-corrected chi connectivity index (χ2v) is 3.24. The van der Waals surface area contributed by atoms with Gasteiger partial charge in [0.1, 0.15) is 5.82 Å². The molecule has 0 heterocycles. The Morgan fingerprint density at radius 1 is 1.25 bits per heavy atom. The van der Waals surface area contributed by atoms with E-state index in [-0.39, 0.29) is 11.8 Å². The first kappa shape index (κ1) is 12.4. The van der Waals surface area contributed by atoms with E-state index in [1.54, 1.807) is 0 Å². The largest absolute Gasteiger partial charge is 0.337 e. The van der Waals surface area contributed by atoms with Crippen LogP contribution in [0.4, 0.5) is 14.9 Å². The van der Waals surface area contributed by atoms with E-state index in [1.165, 1.54) is 24.3 Å². The highest BCUT2D eigenvalue weighted by molar-refractivity contribution is 5.89. The Hall–Kier alpha value is -1.62. The molecule has 0 radical (unpaired) electrons. The van der Waals surface area contributed by atoms with Crippen LogP contribution >= 0.6 is 0 Å². The van der Waals surface area contributed by atoms with Crippen LogP contribution in [0.2, 0.25) is 0 Å². The SMILES string of the molecule is CCNCCNC(=O)Nc1ccc(F)cc1. The van der Waals surface area contributed by atoms with Gasteiger partial charge >= 0.3 is 6.03 Å². The van der Waals surface area contributed by atoms with Crippen LogP contribution < -0.4 is 16.0 Å². The van der Waals surface area contributed by atoms with Gasteiger partial charge in [0.15, 0.2) is 0 Å². The maximum Gasteiger partial charge on any atom is 0.319 e. The van der Waals surface area contributed by atoms with Gasteiger partial charge in [0, 0.05) is 18.8 Å². The molecule has 4 nitrogen and oxygen atoms in total. The number of carbonyl (C=O) groups is 1. The van der Waals surface area contributed by atoms with Gasteiger partial charge in [0.05, 0.1) is 0 Å². The molecule has 2 amide bonds. The molecule has 0 fully saturated rings. The van der Waals surface area contributed by atoms with Crippen LogP contribution in [0.5, 0.6) is 0 Å². The molecule has 1 aromatic rings. The van der Waals surface area contributed by atoms with Crippen LogP contribution in [0, 0.1) is 5.82 Å². The smallest absolute Gasteiger partial charge is 0.319 e. The van der Waals surface area contributed by atoms with E-state index in [9.17, 15) is 9.18 Å². The van der Waals surface area contributed by atoms with Gasteiger partial charge in [0.2, 0.25) is 0 Å². The van der Waals surface area contributed by atoms with Crippen molar-refractivity contribution in [3.63, 3.8) is 0 Å². The molecule has 1 aromatic carbocycles. The van der Waals surface area contributed by atoms with Gasteiger partial charge in [-0.05, 0) is 30.8 Å². The first-order valence-corrected chi connectivity index (χ1v) is 5.23. The number of rotatable bonds is 5. The molecule has 0 spiro atoms. The first-order chi connectivity index (χ1) is 7.72. The van der Waals surface area contributed by atoms with Gasteiger partial charge in [-0.1, -0.05) is 6.92 Å². The highest BCUT2D eigenvalue weighted by Crippen LogP contribution is 2.07. The zero-order valence-electron chi connectivity index (χ0n) is 9.22. The van der Waals surface area contributed by atoms with E-state index in [0.29, 0.717) is 12.2 Å². The lowest BCUT2D eigenvalue weighted by molar-refractivity contribution is 0.252. The molecule has 5 heteroatoms. The fourth-order valence-electron chi connectivity index (χ4n) is 1.15. The van der Waals surface area contributed by atoms with Crippen LogP contribution in [0.3, 0.4) is 0 Å². The molecular formula is C11H16FN3O. The number of nitrogens with one attached hydrogen (secondary N) is 3. The van der Waals surface area contributed by atoms with Crippen LogP contribution in [0.25, 0.3) is 0 Å². The lowest BCUT2D eigenvalue weighted by atomic mass is 10.3. The molecule has 3 N–H and O–H groups in total. The van der Waals surface area contributed by atoms with Gasteiger partial charge in [-0.25, -0.2) is 9.18 Å². The Bertz CT molecular complexity index is 327. The number of carbonyl (C=O) groups excluding carboxylic acids is 1. The van der Waals surface area contributed by atoms with Crippen molar-refractivity contribution in [2.45, 2.75) is 6.92 Å². The summed E-state index contributed by atoms with van der Waals surface area (Å²) in [5.41, 5.74) is 0.572. The van der Waals surface area contributed by atoms with Crippen molar-refractivity contribution in [2.24, 2.45) is 0 Å². The van der Waals surface area contributed by atoms with Gasteiger partial charge in [-0.3, -0.25) is 0 Å². The minimum atomic E-state index is -0.321. The Morgan fingerprint density at radius 3 is 2.56 bits per heavy atom. The van der Waals surface area contributed by atoms with E-state index in [1.807, 2.05) is 6.92 Å². The van der Waals surface area contributed by atoms with E-state index < -0.39 is 0 Å². The van der Waals surface area contributed by atoms with E-state index in [0.717, 1.165) is 13.1 Å². The standard InChI is InChI=1S/C11H16FN3O/c1-2-13-7-8-14-11(16)15-10-5-3-9(12)4-6-10/h3-6,13H,2,7-8H2,1H3,(H2,14,15,16). The number of amides is 2. The molecule has 0 aliphatic rings. The predicted octanol–water partition coefficient (Wildman–Crippen LogP) is 1.56. The maximum absolute atomic E-state index is 12.6. The van der Waals surface area contributed by atoms with Crippen molar-refractivity contribution in [1.29, 1.82) is 0 Å². The molecule has 16 heavy (non-hydrogen) atoms. The second kappa shape index (κ2) is 6.79. The number of likely N-dealkylation sites (N-methyl/N-ethyl adjacent to an activating group) is 1. The molecule has 0 unspecified atom stereocenters. The minimum Gasteiger partial charge on any atom is -0.337 e. The molecule has 0 aliphatic heterocycles.